The average molecular weight is 443 g/mol. The molecule has 2 aromatic rings. The Morgan fingerprint density at radius 3 is 2.58 bits per heavy atom. The van der Waals surface area contributed by atoms with Crippen LogP contribution < -0.4 is 10.2 Å². The van der Waals surface area contributed by atoms with Gasteiger partial charge in [-0.1, -0.05) is 33.6 Å². The topological polar surface area (TPSA) is 92.3 Å². The minimum Gasteiger partial charge on any atom is -0.324 e. The Kier molecular flexibility index (Phi) is 5.54. The molecule has 0 atom stereocenters. The van der Waals surface area contributed by atoms with Gasteiger partial charge in [0.25, 0.3) is 0 Å². The minimum atomic E-state index is -3.26. The lowest BCUT2D eigenvalue weighted by Gasteiger charge is -2.40. The number of hydrogen-bond donors (Lipinski definition) is 1. The van der Waals surface area contributed by atoms with Gasteiger partial charge in [-0.15, -0.1) is 0 Å². The average Bonchev–Trinajstić information content (AvgIpc) is 3.25. The highest BCUT2D eigenvalue weighted by atomic mass is 32.2. The molecule has 1 amide bonds. The first kappa shape index (κ1) is 21.7. The lowest BCUT2D eigenvalue weighted by Crippen LogP contribution is -2.51. The number of nitrogens with one attached hydrogen (secondary N) is 1. The lowest BCUT2D eigenvalue weighted by molar-refractivity contribution is -0.127. The third-order valence-electron chi connectivity index (χ3n) is 6.37. The summed E-state index contributed by atoms with van der Waals surface area (Å²) in [7, 11) is -3.26. The maximum absolute atomic E-state index is 13.3. The van der Waals surface area contributed by atoms with Crippen LogP contribution in [-0.2, 0) is 21.1 Å². The van der Waals surface area contributed by atoms with E-state index in [0.717, 1.165) is 42.5 Å². The van der Waals surface area contributed by atoms with Gasteiger partial charge in [-0.25, -0.2) is 13.4 Å². The summed E-state index contributed by atoms with van der Waals surface area (Å²) in [5.41, 5.74) is 2.05. The Bertz CT molecular complexity index is 1120. The predicted molar refractivity (Wildman–Crippen MR) is 121 cm³/mol. The molecule has 31 heavy (non-hydrogen) atoms. The molecule has 2 heterocycles. The number of rotatable bonds is 5. The van der Waals surface area contributed by atoms with Crippen LogP contribution in [0.1, 0.15) is 57.6 Å². The van der Waals surface area contributed by atoms with E-state index in [4.69, 9.17) is 4.98 Å². The van der Waals surface area contributed by atoms with Crippen molar-refractivity contribution in [3.63, 3.8) is 0 Å². The van der Waals surface area contributed by atoms with Crippen LogP contribution in [0, 0.1) is 12.3 Å². The molecule has 1 N–H and O–H groups in total. The van der Waals surface area contributed by atoms with E-state index in [-0.39, 0.29) is 17.7 Å². The maximum atomic E-state index is 13.3. The Morgan fingerprint density at radius 2 is 1.94 bits per heavy atom. The van der Waals surface area contributed by atoms with E-state index in [1.807, 2.05) is 31.9 Å². The first-order chi connectivity index (χ1) is 14.6. The van der Waals surface area contributed by atoms with Crippen molar-refractivity contribution in [2.24, 2.45) is 5.41 Å². The van der Waals surface area contributed by atoms with Crippen LogP contribution >= 0.6 is 0 Å². The molecule has 2 aliphatic rings. The number of aryl methyl sites for hydroxylation is 1. The normalized spacial score (nSPS) is 18.8. The van der Waals surface area contributed by atoms with Gasteiger partial charge >= 0.3 is 0 Å². The maximum Gasteiger partial charge on any atom is 0.234 e. The number of carbonyl (C=O) groups excluding carboxylic acids is 1. The number of fused-ring (bicyclic) bond motifs is 1. The monoisotopic (exact) mass is 442 g/mol. The first-order valence-corrected chi connectivity index (χ1v) is 12.6. The molecule has 1 aromatic carbocycles. The number of carbonyl (C=O) groups is 1. The van der Waals surface area contributed by atoms with Crippen molar-refractivity contribution < 1.29 is 13.2 Å². The molecule has 1 saturated carbocycles. The van der Waals surface area contributed by atoms with Crippen molar-refractivity contribution in [3.8, 4) is 0 Å². The van der Waals surface area contributed by atoms with Gasteiger partial charge in [0.1, 0.15) is 5.82 Å². The van der Waals surface area contributed by atoms with E-state index in [1.165, 1.54) is 0 Å². The van der Waals surface area contributed by atoms with Crippen LogP contribution in [0.2, 0.25) is 0 Å². The smallest absolute Gasteiger partial charge is 0.234 e. The van der Waals surface area contributed by atoms with Gasteiger partial charge in [-0.3, -0.25) is 9.69 Å². The standard InChI is InChI=1S/C23H30N4O3S/c1-5-31(29,30)18-10-11-19(15(2)12-18)25-22-24-14-16-13-23(3,4)21(28)27(20(16)26-22)17-8-6-7-9-17/h10-12,14,17H,5-9,13H2,1-4H3,(H,24,25,26). The summed E-state index contributed by atoms with van der Waals surface area (Å²) >= 11 is 0. The number of hydrogen-bond acceptors (Lipinski definition) is 6. The van der Waals surface area contributed by atoms with Gasteiger partial charge in [0.15, 0.2) is 9.84 Å². The fourth-order valence-electron chi connectivity index (χ4n) is 4.52. The van der Waals surface area contributed by atoms with Gasteiger partial charge in [-0.05, 0) is 49.9 Å². The van der Waals surface area contributed by atoms with Gasteiger partial charge in [0.2, 0.25) is 11.9 Å². The largest absolute Gasteiger partial charge is 0.324 e. The second-order valence-corrected chi connectivity index (χ2v) is 11.5. The van der Waals surface area contributed by atoms with Crippen LogP contribution in [0.15, 0.2) is 29.3 Å². The van der Waals surface area contributed by atoms with Gasteiger partial charge in [0.05, 0.1) is 10.6 Å². The Hall–Kier alpha value is -2.48. The van der Waals surface area contributed by atoms with E-state index < -0.39 is 15.3 Å². The van der Waals surface area contributed by atoms with Gasteiger partial charge < -0.3 is 5.32 Å². The molecule has 1 aromatic heterocycles. The Morgan fingerprint density at radius 1 is 1.23 bits per heavy atom. The molecule has 0 unspecified atom stereocenters. The van der Waals surface area contributed by atoms with Crippen molar-refractivity contribution in [1.82, 2.24) is 9.97 Å². The first-order valence-electron chi connectivity index (χ1n) is 10.9. The highest BCUT2D eigenvalue weighted by Gasteiger charge is 2.43. The summed E-state index contributed by atoms with van der Waals surface area (Å²) in [6.45, 7) is 7.46. The van der Waals surface area contributed by atoms with Gasteiger partial charge in [0, 0.05) is 28.9 Å². The highest BCUT2D eigenvalue weighted by molar-refractivity contribution is 7.91. The van der Waals surface area contributed by atoms with Crippen LogP contribution in [-0.4, -0.2) is 36.1 Å². The van der Waals surface area contributed by atoms with Crippen LogP contribution in [0.25, 0.3) is 0 Å². The minimum absolute atomic E-state index is 0.0640. The molecule has 7 nitrogen and oxygen atoms in total. The summed E-state index contributed by atoms with van der Waals surface area (Å²) in [5.74, 6) is 1.30. The predicted octanol–water partition coefficient (Wildman–Crippen LogP) is 4.18. The molecule has 0 spiro atoms. The molecule has 0 saturated heterocycles. The molecule has 1 aliphatic heterocycles. The molecule has 1 fully saturated rings. The summed E-state index contributed by atoms with van der Waals surface area (Å²) in [5, 5.41) is 3.21. The zero-order valence-electron chi connectivity index (χ0n) is 18.6. The SMILES string of the molecule is CCS(=O)(=O)c1ccc(Nc2ncc3c(n2)N(C2CCCC2)C(=O)C(C)(C)C3)c(C)c1. The molecule has 4 rings (SSSR count). The summed E-state index contributed by atoms with van der Waals surface area (Å²) < 4.78 is 24.3. The lowest BCUT2D eigenvalue weighted by atomic mass is 9.81. The highest BCUT2D eigenvalue weighted by Crippen LogP contribution is 2.40. The summed E-state index contributed by atoms with van der Waals surface area (Å²) in [4.78, 5) is 24.7. The quantitative estimate of drug-likeness (QED) is 0.747. The van der Waals surface area contributed by atoms with Crippen molar-refractivity contribution >= 4 is 33.2 Å². The van der Waals surface area contributed by atoms with E-state index in [2.05, 4.69) is 10.3 Å². The third-order valence-corrected chi connectivity index (χ3v) is 8.11. The van der Waals surface area contributed by atoms with Crippen LogP contribution in [0.3, 0.4) is 0 Å². The van der Waals surface area contributed by atoms with Crippen molar-refractivity contribution in [1.29, 1.82) is 0 Å². The van der Waals surface area contributed by atoms with Crippen molar-refractivity contribution in [3.05, 3.63) is 35.5 Å². The fraction of sp³-hybridized carbons (Fsp3) is 0.522. The van der Waals surface area contributed by atoms with E-state index >= 15 is 0 Å². The molecule has 8 heteroatoms. The molecule has 166 valence electrons. The van der Waals surface area contributed by atoms with Crippen LogP contribution in [0.5, 0.6) is 0 Å². The number of anilines is 3. The van der Waals surface area contributed by atoms with Crippen molar-refractivity contribution in [2.45, 2.75) is 70.7 Å². The second-order valence-electron chi connectivity index (χ2n) is 9.22. The van der Waals surface area contributed by atoms with Crippen LogP contribution in [0.4, 0.5) is 17.5 Å². The third kappa shape index (κ3) is 4.05. The van der Waals surface area contributed by atoms with E-state index in [0.29, 0.717) is 23.1 Å². The number of benzene rings is 1. The molecule has 0 bridgehead atoms. The van der Waals surface area contributed by atoms with E-state index in [9.17, 15) is 13.2 Å². The number of sulfone groups is 1. The molecule has 1 aliphatic carbocycles. The summed E-state index contributed by atoms with van der Waals surface area (Å²) in [6, 6.07) is 5.19. The molecule has 0 radical (unpaired) electrons. The zero-order chi connectivity index (χ0) is 22.4. The molecular formula is C23H30N4O3S. The number of nitrogens with zero attached hydrogens (tertiary/aromatic N) is 3. The fourth-order valence-corrected chi connectivity index (χ4v) is 5.49. The number of amides is 1. The second kappa shape index (κ2) is 7.89. The van der Waals surface area contributed by atoms with Crippen molar-refractivity contribution in [2.75, 3.05) is 16.0 Å². The molecular weight excluding hydrogens is 412 g/mol. The zero-order valence-corrected chi connectivity index (χ0v) is 19.4. The summed E-state index contributed by atoms with van der Waals surface area (Å²) in [6.07, 6.45) is 6.69. The Balaban J connectivity index is 1.67. The Labute approximate surface area is 184 Å². The van der Waals surface area contributed by atoms with Gasteiger partial charge in [-0.2, -0.15) is 4.98 Å². The van der Waals surface area contributed by atoms with E-state index in [1.54, 1.807) is 25.1 Å². The number of aromatic nitrogens is 2.